The quantitative estimate of drug-likeness (QED) is 0.725. The molecule has 0 spiro atoms. The Morgan fingerprint density at radius 3 is 2.71 bits per heavy atom. The van der Waals surface area contributed by atoms with Crippen molar-refractivity contribution in [3.63, 3.8) is 0 Å². The van der Waals surface area contributed by atoms with Crippen LogP contribution in [0.15, 0.2) is 0 Å². The standard InChI is InChI=1S/C12H23N3O2/c1-12(2,7-13)8-15(3)11(17)9-4-5-10(16)14-6-9/h9H,4-8,13H2,1-3H3,(H,14,16). The molecule has 0 aromatic rings. The maximum atomic E-state index is 12.1. The lowest BCUT2D eigenvalue weighted by Crippen LogP contribution is -2.46. The van der Waals surface area contributed by atoms with Crippen LogP contribution in [0.5, 0.6) is 0 Å². The highest BCUT2D eigenvalue weighted by atomic mass is 16.2. The van der Waals surface area contributed by atoms with Gasteiger partial charge in [-0.15, -0.1) is 0 Å². The molecular weight excluding hydrogens is 218 g/mol. The lowest BCUT2D eigenvalue weighted by atomic mass is 9.91. The second-order valence-corrected chi connectivity index (χ2v) is 5.60. The molecule has 17 heavy (non-hydrogen) atoms. The maximum Gasteiger partial charge on any atom is 0.227 e. The predicted octanol–water partition coefficient (Wildman–Crippen LogP) is -0.0441. The maximum absolute atomic E-state index is 12.1. The van der Waals surface area contributed by atoms with E-state index in [9.17, 15) is 9.59 Å². The molecule has 1 rings (SSSR count). The van der Waals surface area contributed by atoms with E-state index in [4.69, 9.17) is 5.73 Å². The largest absolute Gasteiger partial charge is 0.355 e. The number of amides is 2. The highest BCUT2D eigenvalue weighted by molar-refractivity contribution is 5.83. The van der Waals surface area contributed by atoms with Gasteiger partial charge in [-0.05, 0) is 18.4 Å². The lowest BCUT2D eigenvalue weighted by Gasteiger charge is -2.32. The van der Waals surface area contributed by atoms with Gasteiger partial charge in [-0.2, -0.15) is 0 Å². The first kappa shape index (κ1) is 14.0. The van der Waals surface area contributed by atoms with Crippen LogP contribution in [0.2, 0.25) is 0 Å². The van der Waals surface area contributed by atoms with Crippen LogP contribution in [0.25, 0.3) is 0 Å². The van der Waals surface area contributed by atoms with Gasteiger partial charge in [0, 0.05) is 26.6 Å². The molecular formula is C12H23N3O2. The Balaban J connectivity index is 2.49. The summed E-state index contributed by atoms with van der Waals surface area (Å²) in [5.41, 5.74) is 5.59. The molecule has 5 nitrogen and oxygen atoms in total. The van der Waals surface area contributed by atoms with Crippen LogP contribution in [0.1, 0.15) is 26.7 Å². The average Bonchev–Trinajstić information content (AvgIpc) is 2.28. The van der Waals surface area contributed by atoms with Crippen LogP contribution in [0, 0.1) is 11.3 Å². The normalized spacial score (nSPS) is 20.9. The fourth-order valence-corrected chi connectivity index (χ4v) is 2.04. The van der Waals surface area contributed by atoms with Crippen molar-refractivity contribution in [2.24, 2.45) is 17.1 Å². The zero-order valence-corrected chi connectivity index (χ0v) is 11.0. The van der Waals surface area contributed by atoms with Crippen molar-refractivity contribution in [1.29, 1.82) is 0 Å². The summed E-state index contributed by atoms with van der Waals surface area (Å²) >= 11 is 0. The van der Waals surface area contributed by atoms with E-state index in [0.717, 1.165) is 0 Å². The van der Waals surface area contributed by atoms with Crippen molar-refractivity contribution in [3.05, 3.63) is 0 Å². The molecule has 1 fully saturated rings. The number of nitrogens with zero attached hydrogens (tertiary/aromatic N) is 1. The van der Waals surface area contributed by atoms with Gasteiger partial charge in [0.25, 0.3) is 0 Å². The second kappa shape index (κ2) is 5.49. The van der Waals surface area contributed by atoms with Crippen LogP contribution in [0.4, 0.5) is 0 Å². The lowest BCUT2D eigenvalue weighted by molar-refractivity contribution is -0.137. The molecule has 1 aliphatic rings. The highest BCUT2D eigenvalue weighted by Crippen LogP contribution is 2.18. The summed E-state index contributed by atoms with van der Waals surface area (Å²) in [6, 6.07) is 0. The van der Waals surface area contributed by atoms with E-state index in [2.05, 4.69) is 5.32 Å². The Morgan fingerprint density at radius 1 is 1.59 bits per heavy atom. The van der Waals surface area contributed by atoms with E-state index in [0.29, 0.717) is 32.5 Å². The fraction of sp³-hybridized carbons (Fsp3) is 0.833. The van der Waals surface area contributed by atoms with Gasteiger partial charge in [-0.1, -0.05) is 13.8 Å². The number of piperidine rings is 1. The highest BCUT2D eigenvalue weighted by Gasteiger charge is 2.29. The molecule has 0 aromatic heterocycles. The van der Waals surface area contributed by atoms with Crippen LogP contribution in [0.3, 0.4) is 0 Å². The van der Waals surface area contributed by atoms with Gasteiger partial charge in [-0.25, -0.2) is 0 Å². The Hall–Kier alpha value is -1.10. The molecule has 1 aliphatic heterocycles. The third-order valence-corrected chi connectivity index (χ3v) is 3.21. The average molecular weight is 241 g/mol. The van der Waals surface area contributed by atoms with Crippen molar-refractivity contribution < 1.29 is 9.59 Å². The Kier molecular flexibility index (Phi) is 4.51. The molecule has 0 aromatic carbocycles. The van der Waals surface area contributed by atoms with Gasteiger partial charge in [0.1, 0.15) is 0 Å². The van der Waals surface area contributed by atoms with Crippen molar-refractivity contribution in [3.8, 4) is 0 Å². The molecule has 98 valence electrons. The second-order valence-electron chi connectivity index (χ2n) is 5.60. The Bertz CT molecular complexity index is 292. The van der Waals surface area contributed by atoms with E-state index in [1.165, 1.54) is 0 Å². The van der Waals surface area contributed by atoms with Gasteiger partial charge >= 0.3 is 0 Å². The number of rotatable bonds is 4. The Morgan fingerprint density at radius 2 is 2.24 bits per heavy atom. The first-order valence-corrected chi connectivity index (χ1v) is 6.07. The summed E-state index contributed by atoms with van der Waals surface area (Å²) < 4.78 is 0. The van der Waals surface area contributed by atoms with E-state index >= 15 is 0 Å². The SMILES string of the molecule is CN(CC(C)(C)CN)C(=O)C1CCC(=O)NC1. The molecule has 1 heterocycles. The summed E-state index contributed by atoms with van der Waals surface area (Å²) in [7, 11) is 1.80. The topological polar surface area (TPSA) is 75.4 Å². The predicted molar refractivity (Wildman–Crippen MR) is 66.2 cm³/mol. The first-order valence-electron chi connectivity index (χ1n) is 6.07. The summed E-state index contributed by atoms with van der Waals surface area (Å²) in [5, 5.41) is 2.73. The summed E-state index contributed by atoms with van der Waals surface area (Å²) in [6.45, 7) is 5.74. The van der Waals surface area contributed by atoms with Crippen molar-refractivity contribution in [1.82, 2.24) is 10.2 Å². The minimum Gasteiger partial charge on any atom is -0.355 e. The molecule has 0 aliphatic carbocycles. The zero-order chi connectivity index (χ0) is 13.1. The van der Waals surface area contributed by atoms with Crippen LogP contribution < -0.4 is 11.1 Å². The molecule has 5 heteroatoms. The molecule has 0 radical (unpaired) electrons. The third-order valence-electron chi connectivity index (χ3n) is 3.21. The van der Waals surface area contributed by atoms with E-state index in [1.54, 1.807) is 11.9 Å². The molecule has 0 saturated carbocycles. The Labute approximate surface area is 103 Å². The number of carbonyl (C=O) groups is 2. The fourth-order valence-electron chi connectivity index (χ4n) is 2.04. The summed E-state index contributed by atoms with van der Waals surface area (Å²) in [6.07, 6.45) is 1.10. The van der Waals surface area contributed by atoms with Gasteiger partial charge in [0.2, 0.25) is 11.8 Å². The van der Waals surface area contributed by atoms with Crippen molar-refractivity contribution in [2.75, 3.05) is 26.7 Å². The van der Waals surface area contributed by atoms with Crippen molar-refractivity contribution in [2.45, 2.75) is 26.7 Å². The molecule has 1 atom stereocenters. The summed E-state index contributed by atoms with van der Waals surface area (Å²) in [4.78, 5) is 24.9. The minimum absolute atomic E-state index is 0.0407. The van der Waals surface area contributed by atoms with E-state index in [-0.39, 0.29) is 23.1 Å². The molecule has 3 N–H and O–H groups in total. The zero-order valence-electron chi connectivity index (χ0n) is 11.0. The van der Waals surface area contributed by atoms with E-state index < -0.39 is 0 Å². The number of hydrogen-bond donors (Lipinski definition) is 2. The van der Waals surface area contributed by atoms with Crippen LogP contribution in [-0.2, 0) is 9.59 Å². The molecule has 2 amide bonds. The van der Waals surface area contributed by atoms with Gasteiger partial charge in [0.05, 0.1) is 5.92 Å². The van der Waals surface area contributed by atoms with Gasteiger partial charge in [-0.3, -0.25) is 9.59 Å². The molecule has 0 bridgehead atoms. The monoisotopic (exact) mass is 241 g/mol. The van der Waals surface area contributed by atoms with Crippen LogP contribution >= 0.6 is 0 Å². The number of carbonyl (C=O) groups excluding carboxylic acids is 2. The minimum atomic E-state index is -0.0775. The third kappa shape index (κ3) is 4.00. The number of nitrogens with two attached hydrogens (primary N) is 1. The van der Waals surface area contributed by atoms with Crippen molar-refractivity contribution >= 4 is 11.8 Å². The number of nitrogens with one attached hydrogen (secondary N) is 1. The number of hydrogen-bond acceptors (Lipinski definition) is 3. The smallest absolute Gasteiger partial charge is 0.227 e. The van der Waals surface area contributed by atoms with E-state index in [1.807, 2.05) is 13.8 Å². The molecule has 1 saturated heterocycles. The summed E-state index contributed by atoms with van der Waals surface area (Å²) in [5.74, 6) is 0.0665. The van der Waals surface area contributed by atoms with Gasteiger partial charge in [0.15, 0.2) is 0 Å². The first-order chi connectivity index (χ1) is 7.85. The van der Waals surface area contributed by atoms with Gasteiger partial charge < -0.3 is 16.0 Å². The van der Waals surface area contributed by atoms with Crippen LogP contribution in [-0.4, -0.2) is 43.4 Å². The molecule has 1 unspecified atom stereocenters.